The number of imide groups is 1. The molecule has 2 aromatic rings. The van der Waals surface area contributed by atoms with Gasteiger partial charge in [0.25, 0.3) is 11.8 Å². The van der Waals surface area contributed by atoms with Crippen LogP contribution < -0.4 is 5.43 Å². The van der Waals surface area contributed by atoms with Gasteiger partial charge < -0.3 is 0 Å². The molecule has 0 atom stereocenters. The standard InChI is InChI=1S/C17H11ClF3N3O2/c1-9-13(10-5-3-2-4-6-10)16(26)24(15(9)25)23-12-8-7-11(14(18)22-12)17(19,20)21/h2-8H,1H3,(H,22,23). The van der Waals surface area contributed by atoms with E-state index in [-0.39, 0.29) is 17.0 Å². The van der Waals surface area contributed by atoms with Gasteiger partial charge in [0, 0.05) is 5.57 Å². The zero-order valence-corrected chi connectivity index (χ0v) is 14.0. The quantitative estimate of drug-likeness (QED) is 0.646. The SMILES string of the molecule is CC1=C(c2ccccc2)C(=O)N(Nc2ccc(C(F)(F)F)c(Cl)n2)C1=O. The Balaban J connectivity index is 1.88. The summed E-state index contributed by atoms with van der Waals surface area (Å²) in [6.45, 7) is 1.50. The number of hydrogen-bond donors (Lipinski definition) is 1. The number of carbonyl (C=O) groups is 2. The molecule has 1 aliphatic heterocycles. The van der Waals surface area contributed by atoms with Crippen LogP contribution in [0.1, 0.15) is 18.1 Å². The van der Waals surface area contributed by atoms with E-state index in [2.05, 4.69) is 10.4 Å². The van der Waals surface area contributed by atoms with Crippen molar-refractivity contribution >= 4 is 34.8 Å². The van der Waals surface area contributed by atoms with E-state index in [9.17, 15) is 22.8 Å². The molecule has 5 nitrogen and oxygen atoms in total. The van der Waals surface area contributed by atoms with Crippen LogP contribution in [0.2, 0.25) is 5.15 Å². The molecule has 0 bridgehead atoms. The van der Waals surface area contributed by atoms with Crippen LogP contribution in [0, 0.1) is 0 Å². The smallest absolute Gasteiger partial charge is 0.271 e. The zero-order valence-electron chi connectivity index (χ0n) is 13.3. The summed E-state index contributed by atoms with van der Waals surface area (Å²) in [6, 6.07) is 10.3. The molecule has 9 heteroatoms. The van der Waals surface area contributed by atoms with Gasteiger partial charge in [-0.15, -0.1) is 0 Å². The number of halogens is 4. The highest BCUT2D eigenvalue weighted by Gasteiger charge is 2.38. The topological polar surface area (TPSA) is 62.3 Å². The Hall–Kier alpha value is -2.87. The molecule has 1 aromatic carbocycles. The van der Waals surface area contributed by atoms with E-state index in [4.69, 9.17) is 11.6 Å². The number of anilines is 1. The summed E-state index contributed by atoms with van der Waals surface area (Å²) < 4.78 is 38.2. The Morgan fingerprint density at radius 3 is 2.27 bits per heavy atom. The van der Waals surface area contributed by atoms with E-state index >= 15 is 0 Å². The van der Waals surface area contributed by atoms with Gasteiger partial charge in [0.05, 0.1) is 11.1 Å². The van der Waals surface area contributed by atoms with Crippen LogP contribution in [0.4, 0.5) is 19.0 Å². The van der Waals surface area contributed by atoms with Crippen LogP contribution in [0.25, 0.3) is 5.57 Å². The lowest BCUT2D eigenvalue weighted by Crippen LogP contribution is -2.37. The van der Waals surface area contributed by atoms with Crippen molar-refractivity contribution in [2.24, 2.45) is 0 Å². The molecule has 1 N–H and O–H groups in total. The molecule has 0 spiro atoms. The van der Waals surface area contributed by atoms with E-state index in [0.29, 0.717) is 10.6 Å². The van der Waals surface area contributed by atoms with Crippen molar-refractivity contribution in [2.75, 3.05) is 5.43 Å². The van der Waals surface area contributed by atoms with Gasteiger partial charge in [-0.25, -0.2) is 4.98 Å². The number of nitrogens with one attached hydrogen (secondary N) is 1. The highest BCUT2D eigenvalue weighted by atomic mass is 35.5. The number of amides is 2. The molecular formula is C17H11ClF3N3O2. The van der Waals surface area contributed by atoms with Gasteiger partial charge in [-0.2, -0.15) is 18.2 Å². The van der Waals surface area contributed by atoms with Crippen LogP contribution in [0.15, 0.2) is 48.0 Å². The van der Waals surface area contributed by atoms with Gasteiger partial charge in [0.2, 0.25) is 0 Å². The fourth-order valence-electron chi connectivity index (χ4n) is 2.51. The molecule has 2 amide bonds. The van der Waals surface area contributed by atoms with Crippen LogP contribution in [0.5, 0.6) is 0 Å². The second-order valence-corrected chi connectivity index (χ2v) is 5.81. The van der Waals surface area contributed by atoms with Crippen molar-refractivity contribution in [3.8, 4) is 0 Å². The molecule has 134 valence electrons. The normalized spacial score (nSPS) is 15.0. The van der Waals surface area contributed by atoms with Crippen LogP contribution in [0.3, 0.4) is 0 Å². The largest absolute Gasteiger partial charge is 0.419 e. The van der Waals surface area contributed by atoms with Gasteiger partial charge in [-0.3, -0.25) is 15.0 Å². The maximum atomic E-state index is 12.7. The summed E-state index contributed by atoms with van der Waals surface area (Å²) in [5, 5.41) is -0.0848. The maximum absolute atomic E-state index is 12.7. The summed E-state index contributed by atoms with van der Waals surface area (Å²) in [6.07, 6.45) is -4.65. The minimum Gasteiger partial charge on any atom is -0.271 e. The molecule has 0 radical (unpaired) electrons. The minimum atomic E-state index is -4.65. The van der Waals surface area contributed by atoms with E-state index in [1.54, 1.807) is 30.3 Å². The lowest BCUT2D eigenvalue weighted by Gasteiger charge is -2.17. The number of aromatic nitrogens is 1. The number of benzene rings is 1. The molecular weight excluding hydrogens is 371 g/mol. The molecule has 0 saturated carbocycles. The Morgan fingerprint density at radius 1 is 1.04 bits per heavy atom. The molecule has 0 aliphatic carbocycles. The van der Waals surface area contributed by atoms with E-state index < -0.39 is 28.7 Å². The predicted octanol–water partition coefficient (Wildman–Crippen LogP) is 3.92. The first-order valence-corrected chi connectivity index (χ1v) is 7.73. The van der Waals surface area contributed by atoms with Crippen LogP contribution >= 0.6 is 11.6 Å². The number of hydrazine groups is 1. The fraction of sp³-hybridized carbons (Fsp3) is 0.118. The lowest BCUT2D eigenvalue weighted by atomic mass is 10.0. The molecule has 1 aliphatic rings. The molecule has 0 saturated heterocycles. The highest BCUT2D eigenvalue weighted by Crippen LogP contribution is 2.35. The number of hydrogen-bond acceptors (Lipinski definition) is 4. The van der Waals surface area contributed by atoms with Gasteiger partial charge in [0.15, 0.2) is 0 Å². The van der Waals surface area contributed by atoms with Crippen LogP contribution in [-0.2, 0) is 15.8 Å². The van der Waals surface area contributed by atoms with Gasteiger partial charge in [-0.05, 0) is 24.6 Å². The summed E-state index contributed by atoms with van der Waals surface area (Å²) >= 11 is 5.56. The summed E-state index contributed by atoms with van der Waals surface area (Å²) in [4.78, 5) is 28.5. The Labute approximate surface area is 151 Å². The first-order chi connectivity index (χ1) is 12.2. The molecule has 26 heavy (non-hydrogen) atoms. The first-order valence-electron chi connectivity index (χ1n) is 7.35. The average Bonchev–Trinajstić information content (AvgIpc) is 2.78. The Bertz CT molecular complexity index is 927. The third-order valence-electron chi connectivity index (χ3n) is 3.76. The van der Waals surface area contributed by atoms with Crippen molar-refractivity contribution in [1.82, 2.24) is 9.99 Å². The van der Waals surface area contributed by atoms with Gasteiger partial charge >= 0.3 is 6.18 Å². The van der Waals surface area contributed by atoms with Gasteiger partial charge in [-0.1, -0.05) is 41.9 Å². The second kappa shape index (κ2) is 6.45. The monoisotopic (exact) mass is 381 g/mol. The molecule has 1 aromatic heterocycles. The number of nitrogens with zero attached hydrogens (tertiary/aromatic N) is 2. The zero-order chi connectivity index (χ0) is 19.1. The van der Waals surface area contributed by atoms with E-state index in [1.165, 1.54) is 6.92 Å². The number of pyridine rings is 1. The summed E-state index contributed by atoms with van der Waals surface area (Å²) in [5.41, 5.74) is 2.30. The fourth-order valence-corrected chi connectivity index (χ4v) is 2.77. The van der Waals surface area contributed by atoms with E-state index in [0.717, 1.165) is 12.1 Å². The number of alkyl halides is 3. The molecule has 2 heterocycles. The van der Waals surface area contributed by atoms with Crippen molar-refractivity contribution in [3.05, 3.63) is 64.3 Å². The number of carbonyl (C=O) groups excluding carboxylic acids is 2. The summed E-state index contributed by atoms with van der Waals surface area (Å²) in [5.74, 6) is -1.41. The van der Waals surface area contributed by atoms with Crippen LogP contribution in [-0.4, -0.2) is 21.8 Å². The van der Waals surface area contributed by atoms with E-state index in [1.807, 2.05) is 0 Å². The molecule has 0 unspecified atom stereocenters. The van der Waals surface area contributed by atoms with Crippen molar-refractivity contribution in [2.45, 2.75) is 13.1 Å². The number of rotatable bonds is 3. The van der Waals surface area contributed by atoms with Crippen molar-refractivity contribution < 1.29 is 22.8 Å². The average molecular weight is 382 g/mol. The first kappa shape index (κ1) is 17.9. The van der Waals surface area contributed by atoms with Gasteiger partial charge in [0.1, 0.15) is 11.0 Å². The van der Waals surface area contributed by atoms with Crippen molar-refractivity contribution in [3.63, 3.8) is 0 Å². The molecule has 0 fully saturated rings. The predicted molar refractivity (Wildman–Crippen MR) is 88.8 cm³/mol. The highest BCUT2D eigenvalue weighted by molar-refractivity contribution is 6.36. The third-order valence-corrected chi connectivity index (χ3v) is 4.05. The van der Waals surface area contributed by atoms with Crippen molar-refractivity contribution in [1.29, 1.82) is 0 Å². The third kappa shape index (κ3) is 3.15. The minimum absolute atomic E-state index is 0.160. The molecule has 3 rings (SSSR count). The maximum Gasteiger partial charge on any atom is 0.419 e. The lowest BCUT2D eigenvalue weighted by molar-refractivity contribution is -0.138. The Kier molecular flexibility index (Phi) is 4.45. The Morgan fingerprint density at radius 2 is 1.69 bits per heavy atom. The second-order valence-electron chi connectivity index (χ2n) is 5.46. The summed E-state index contributed by atoms with van der Waals surface area (Å²) in [7, 11) is 0.